The van der Waals surface area contributed by atoms with Crippen LogP contribution in [0.5, 0.6) is 0 Å². The molecule has 18 heavy (non-hydrogen) atoms. The Morgan fingerprint density at radius 2 is 1.00 bits per heavy atom. The van der Waals surface area contributed by atoms with Crippen molar-refractivity contribution in [1.82, 2.24) is 0 Å². The molecule has 0 amide bonds. The molecule has 0 unspecified atom stereocenters. The van der Waals surface area contributed by atoms with Gasteiger partial charge in [-0.2, -0.15) is 0 Å². The average molecular weight is 335 g/mol. The molecule has 2 heteroatoms. The van der Waals surface area contributed by atoms with Crippen molar-refractivity contribution in [3.8, 4) is 0 Å². The molecule has 2 fully saturated rings. The van der Waals surface area contributed by atoms with Gasteiger partial charge in [0.1, 0.15) is 0 Å². The number of rotatable bonds is 4. The van der Waals surface area contributed by atoms with Crippen LogP contribution in [0.2, 0.25) is 19.8 Å². The van der Waals surface area contributed by atoms with Crippen molar-refractivity contribution >= 4 is 13.6 Å². The molecule has 0 radical (unpaired) electrons. The van der Waals surface area contributed by atoms with Crippen molar-refractivity contribution in [1.29, 1.82) is 0 Å². The fourth-order valence-electron chi connectivity index (χ4n) is 4.75. The molecule has 0 heterocycles. The van der Waals surface area contributed by atoms with E-state index in [-0.39, 0.29) is 12.4 Å². The summed E-state index contributed by atoms with van der Waals surface area (Å²) in [6.07, 6.45) is 15.8. The maximum Gasteiger partial charge on any atom is -1.00 e. The Hall–Kier alpha value is 0.848. The molecule has 0 saturated heterocycles. The predicted octanol–water partition coefficient (Wildman–Crippen LogP) is 3.15. The summed E-state index contributed by atoms with van der Waals surface area (Å²) in [6, 6.07) is 0. The third-order valence-corrected chi connectivity index (χ3v) is 19.0. The summed E-state index contributed by atoms with van der Waals surface area (Å²) in [4.78, 5) is 0. The first-order chi connectivity index (χ1) is 8.33. The summed E-state index contributed by atoms with van der Waals surface area (Å²) in [6.45, 7) is 5.11. The van der Waals surface area contributed by atoms with E-state index < -0.39 is 13.6 Å². The van der Waals surface area contributed by atoms with Crippen molar-refractivity contribution < 1.29 is 12.4 Å². The molecule has 0 aromatic heterocycles. The maximum atomic E-state index is 2.56. The molecule has 2 rings (SSSR count). The average Bonchev–Trinajstić information content (AvgIpc) is 2.43. The molecule has 2 aliphatic carbocycles. The predicted molar refractivity (Wildman–Crippen MR) is 80.4 cm³/mol. The molecule has 0 aromatic rings. The van der Waals surface area contributed by atoms with Gasteiger partial charge in [0.2, 0.25) is 0 Å². The Bertz CT molecular complexity index is 193. The van der Waals surface area contributed by atoms with E-state index in [0.717, 1.165) is 0 Å². The number of hydrogen-bond acceptors (Lipinski definition) is 0. The largest absolute Gasteiger partial charge is 1.00 e. The van der Waals surface area contributed by atoms with E-state index in [9.17, 15) is 0 Å². The van der Waals surface area contributed by atoms with E-state index in [1.54, 1.807) is 61.8 Å². The molecular formula is C16H32AsCl. The van der Waals surface area contributed by atoms with Gasteiger partial charge in [0.05, 0.1) is 0 Å². The summed E-state index contributed by atoms with van der Waals surface area (Å²) < 4.78 is 2.47. The van der Waals surface area contributed by atoms with Crippen LogP contribution in [0.25, 0.3) is 0 Å². The molecule has 0 aromatic carbocycles. The Balaban J connectivity index is 0.00000162. The van der Waals surface area contributed by atoms with Crippen LogP contribution in [-0.4, -0.2) is 13.6 Å². The minimum absolute atomic E-state index is 0. The summed E-state index contributed by atoms with van der Waals surface area (Å²) in [5.41, 5.74) is 0. The zero-order chi connectivity index (χ0) is 12.1. The fraction of sp³-hybridized carbons (Fsp3) is 1.00. The van der Waals surface area contributed by atoms with Crippen molar-refractivity contribution in [2.75, 3.05) is 0 Å². The summed E-state index contributed by atoms with van der Waals surface area (Å²) in [5.74, 6) is 0. The van der Waals surface area contributed by atoms with Gasteiger partial charge in [-0.15, -0.1) is 0 Å². The van der Waals surface area contributed by atoms with Gasteiger partial charge < -0.3 is 12.4 Å². The number of halogens is 1. The van der Waals surface area contributed by atoms with E-state index in [0.29, 0.717) is 0 Å². The minimum Gasteiger partial charge on any atom is -1.00 e. The molecule has 2 saturated carbocycles. The second kappa shape index (κ2) is 8.21. The first kappa shape index (κ1) is 16.9. The Kier molecular flexibility index (Phi) is 7.71. The molecule has 0 nitrogen and oxygen atoms in total. The summed E-state index contributed by atoms with van der Waals surface area (Å²) >= 11 is -1.34. The van der Waals surface area contributed by atoms with Crippen molar-refractivity contribution in [2.24, 2.45) is 0 Å². The topological polar surface area (TPSA) is 0 Å². The monoisotopic (exact) mass is 334 g/mol. The molecular weight excluding hydrogens is 303 g/mol. The van der Waals surface area contributed by atoms with Crippen LogP contribution in [0.3, 0.4) is 0 Å². The standard InChI is InChI=1S/C16H32As.ClH/c1-3-17(4-2,15-11-7-5-8-12-15)16-13-9-6-10-14-16;/h15-16H,3-14H2,1-2H3;1H/q+1;/p-1. The van der Waals surface area contributed by atoms with Crippen LogP contribution in [-0.2, 0) is 0 Å². The normalized spacial score (nSPS) is 23.7. The van der Waals surface area contributed by atoms with Crippen molar-refractivity contribution in [3.05, 3.63) is 0 Å². The molecule has 108 valence electrons. The fourth-order valence-corrected chi connectivity index (χ4v) is 17.1. The third kappa shape index (κ3) is 3.48. The zero-order valence-electron chi connectivity index (χ0n) is 12.5. The third-order valence-electron chi connectivity index (χ3n) is 5.78. The van der Waals surface area contributed by atoms with Crippen LogP contribution < -0.4 is 12.4 Å². The van der Waals surface area contributed by atoms with Crippen LogP contribution in [0, 0.1) is 0 Å². The first-order valence-corrected chi connectivity index (χ1v) is 13.0. The van der Waals surface area contributed by atoms with E-state index in [2.05, 4.69) is 13.8 Å². The van der Waals surface area contributed by atoms with Gasteiger partial charge in [-0.25, -0.2) is 0 Å². The van der Waals surface area contributed by atoms with E-state index in [1.807, 2.05) is 0 Å². The molecule has 0 N–H and O–H groups in total. The quantitative estimate of drug-likeness (QED) is 0.693. The van der Waals surface area contributed by atoms with E-state index >= 15 is 0 Å². The number of hydrogen-bond donors (Lipinski definition) is 0. The summed E-state index contributed by atoms with van der Waals surface area (Å²) in [7, 11) is 0. The van der Waals surface area contributed by atoms with Crippen LogP contribution >= 0.6 is 0 Å². The Morgan fingerprint density at radius 3 is 1.28 bits per heavy atom. The molecule has 0 bridgehead atoms. The Morgan fingerprint density at radius 1 is 0.667 bits per heavy atom. The van der Waals surface area contributed by atoms with Crippen LogP contribution in [0.15, 0.2) is 0 Å². The second-order valence-corrected chi connectivity index (χ2v) is 16.7. The minimum atomic E-state index is -1.34. The van der Waals surface area contributed by atoms with Crippen molar-refractivity contribution in [3.63, 3.8) is 0 Å². The van der Waals surface area contributed by atoms with Gasteiger partial charge in [-0.3, -0.25) is 0 Å². The second-order valence-electron chi connectivity index (χ2n) is 6.32. The summed E-state index contributed by atoms with van der Waals surface area (Å²) in [5, 5.41) is 3.23. The first-order valence-electron chi connectivity index (χ1n) is 8.20. The van der Waals surface area contributed by atoms with Gasteiger partial charge >= 0.3 is 111 Å². The molecule has 2 aliphatic rings. The van der Waals surface area contributed by atoms with Crippen LogP contribution in [0.1, 0.15) is 78.1 Å². The van der Waals surface area contributed by atoms with Crippen LogP contribution in [0.4, 0.5) is 0 Å². The van der Waals surface area contributed by atoms with Gasteiger partial charge in [0.25, 0.3) is 0 Å². The van der Waals surface area contributed by atoms with Gasteiger partial charge in [-0.1, -0.05) is 0 Å². The van der Waals surface area contributed by atoms with Gasteiger partial charge in [-0.05, 0) is 0 Å². The van der Waals surface area contributed by atoms with Gasteiger partial charge in [0, 0.05) is 0 Å². The maximum absolute atomic E-state index is 2.56. The smallest absolute Gasteiger partial charge is 1.00 e. The molecule has 0 aliphatic heterocycles. The SMILES string of the molecule is CC[As+](CC)(C1CCCCC1)C1CCCCC1.[Cl-]. The zero-order valence-corrected chi connectivity index (χ0v) is 15.1. The van der Waals surface area contributed by atoms with Crippen molar-refractivity contribution in [2.45, 2.75) is 97.9 Å². The molecule has 0 spiro atoms. The van der Waals surface area contributed by atoms with E-state index in [1.165, 1.54) is 22.3 Å². The molecule has 0 atom stereocenters. The Labute approximate surface area is 124 Å². The van der Waals surface area contributed by atoms with Gasteiger partial charge in [0.15, 0.2) is 0 Å². The van der Waals surface area contributed by atoms with E-state index in [4.69, 9.17) is 0 Å².